The van der Waals surface area contributed by atoms with Crippen LogP contribution in [0, 0.1) is 0 Å². The molecular weight excluding hydrogens is 142 g/mol. The average molecular weight is 159 g/mol. The molecule has 0 aliphatic carbocycles. The maximum absolute atomic E-state index is 8.41. The predicted molar refractivity (Wildman–Crippen MR) is 45.4 cm³/mol. The van der Waals surface area contributed by atoms with Crippen LogP contribution in [-0.2, 0) is 0 Å². The summed E-state index contributed by atoms with van der Waals surface area (Å²) in [5, 5.41) is 19.8. The molecule has 0 atom stereocenters. The molecule has 0 aromatic rings. The fraction of sp³-hybridized carbons (Fsp3) is 0.750. The Morgan fingerprint density at radius 1 is 0.909 bits per heavy atom. The largest absolute Gasteiger partial charge is 0.396 e. The minimum Gasteiger partial charge on any atom is -0.396 e. The summed E-state index contributed by atoms with van der Waals surface area (Å²) in [6, 6.07) is 0. The summed E-state index contributed by atoms with van der Waals surface area (Å²) in [7, 11) is 0. The third-order valence-electron chi connectivity index (χ3n) is 1.24. The van der Waals surface area contributed by atoms with Crippen LogP contribution < -0.4 is 5.32 Å². The van der Waals surface area contributed by atoms with Crippen LogP contribution in [0.25, 0.3) is 0 Å². The van der Waals surface area contributed by atoms with Gasteiger partial charge in [0.1, 0.15) is 0 Å². The molecule has 0 rings (SSSR count). The third-order valence-corrected chi connectivity index (χ3v) is 1.24. The van der Waals surface area contributed by atoms with Crippen molar-refractivity contribution >= 4 is 0 Å². The molecule has 0 radical (unpaired) electrons. The minimum atomic E-state index is 0.195. The summed E-state index contributed by atoms with van der Waals surface area (Å²) in [6.07, 6.45) is 5.68. The second kappa shape index (κ2) is 9.62. The first-order valence-electron chi connectivity index (χ1n) is 3.99. The first kappa shape index (κ1) is 10.6. The van der Waals surface area contributed by atoms with Crippen LogP contribution in [0.1, 0.15) is 12.8 Å². The van der Waals surface area contributed by atoms with Crippen molar-refractivity contribution in [1.82, 2.24) is 5.32 Å². The zero-order valence-corrected chi connectivity index (χ0v) is 6.79. The van der Waals surface area contributed by atoms with E-state index in [0.717, 1.165) is 19.4 Å². The Bertz CT molecular complexity index is 94.1. The SMILES string of the molecule is OCCC=CCCNCCO. The van der Waals surface area contributed by atoms with E-state index in [0.29, 0.717) is 6.54 Å². The lowest BCUT2D eigenvalue weighted by molar-refractivity contribution is 0.293. The van der Waals surface area contributed by atoms with Crippen LogP contribution in [0.15, 0.2) is 12.2 Å². The summed E-state index contributed by atoms with van der Waals surface area (Å²) < 4.78 is 0. The van der Waals surface area contributed by atoms with Gasteiger partial charge in [-0.05, 0) is 19.4 Å². The molecule has 0 spiro atoms. The smallest absolute Gasteiger partial charge is 0.0555 e. The molecule has 3 N–H and O–H groups in total. The molecule has 11 heavy (non-hydrogen) atoms. The Labute approximate surface area is 67.7 Å². The Morgan fingerprint density at radius 2 is 1.64 bits per heavy atom. The van der Waals surface area contributed by atoms with E-state index in [1.165, 1.54) is 0 Å². The number of hydrogen-bond acceptors (Lipinski definition) is 3. The molecule has 0 amide bonds. The Morgan fingerprint density at radius 3 is 2.27 bits per heavy atom. The van der Waals surface area contributed by atoms with E-state index in [1.807, 2.05) is 12.2 Å². The van der Waals surface area contributed by atoms with Gasteiger partial charge in [0.05, 0.1) is 6.61 Å². The van der Waals surface area contributed by atoms with Crippen molar-refractivity contribution < 1.29 is 10.2 Å². The van der Waals surface area contributed by atoms with Crippen molar-refractivity contribution in [1.29, 1.82) is 0 Å². The van der Waals surface area contributed by atoms with Gasteiger partial charge in [-0.3, -0.25) is 0 Å². The molecule has 0 saturated heterocycles. The fourth-order valence-corrected chi connectivity index (χ4v) is 0.700. The highest BCUT2D eigenvalue weighted by atomic mass is 16.3. The Kier molecular flexibility index (Phi) is 9.29. The molecule has 3 heteroatoms. The lowest BCUT2D eigenvalue weighted by Gasteiger charge is -1.97. The van der Waals surface area contributed by atoms with E-state index in [9.17, 15) is 0 Å². The summed E-state index contributed by atoms with van der Waals surface area (Å²) in [4.78, 5) is 0. The maximum atomic E-state index is 8.41. The van der Waals surface area contributed by atoms with Crippen molar-refractivity contribution in [2.75, 3.05) is 26.3 Å². The van der Waals surface area contributed by atoms with E-state index in [4.69, 9.17) is 10.2 Å². The second-order valence-electron chi connectivity index (χ2n) is 2.25. The van der Waals surface area contributed by atoms with Gasteiger partial charge >= 0.3 is 0 Å². The molecule has 0 aromatic carbocycles. The fourth-order valence-electron chi connectivity index (χ4n) is 0.700. The number of aliphatic hydroxyl groups excluding tert-OH is 2. The van der Waals surface area contributed by atoms with Crippen molar-refractivity contribution in [3.8, 4) is 0 Å². The second-order valence-corrected chi connectivity index (χ2v) is 2.25. The first-order valence-corrected chi connectivity index (χ1v) is 3.99. The summed E-state index contributed by atoms with van der Waals surface area (Å²) in [5.74, 6) is 0. The van der Waals surface area contributed by atoms with Crippen LogP contribution in [-0.4, -0.2) is 36.5 Å². The van der Waals surface area contributed by atoms with Gasteiger partial charge in [-0.1, -0.05) is 12.2 Å². The highest BCUT2D eigenvalue weighted by Gasteiger charge is 1.81. The molecule has 0 saturated carbocycles. The molecular formula is C8H17NO2. The maximum Gasteiger partial charge on any atom is 0.0555 e. The van der Waals surface area contributed by atoms with Gasteiger partial charge in [0.15, 0.2) is 0 Å². The first-order chi connectivity index (χ1) is 5.41. The lowest BCUT2D eigenvalue weighted by Crippen LogP contribution is -2.18. The van der Waals surface area contributed by atoms with Gasteiger partial charge in [-0.15, -0.1) is 0 Å². The third kappa shape index (κ3) is 9.62. The average Bonchev–Trinajstić information content (AvgIpc) is 2.03. The summed E-state index contributed by atoms with van der Waals surface area (Å²) >= 11 is 0. The van der Waals surface area contributed by atoms with Crippen LogP contribution in [0.2, 0.25) is 0 Å². The number of rotatable bonds is 7. The summed E-state index contributed by atoms with van der Waals surface area (Å²) in [5.41, 5.74) is 0. The highest BCUT2D eigenvalue weighted by Crippen LogP contribution is 1.84. The van der Waals surface area contributed by atoms with E-state index >= 15 is 0 Å². The highest BCUT2D eigenvalue weighted by molar-refractivity contribution is 4.81. The summed E-state index contributed by atoms with van der Waals surface area (Å²) in [6.45, 7) is 1.97. The zero-order chi connectivity index (χ0) is 8.36. The van der Waals surface area contributed by atoms with Crippen LogP contribution in [0.4, 0.5) is 0 Å². The minimum absolute atomic E-state index is 0.195. The molecule has 0 fully saturated rings. The van der Waals surface area contributed by atoms with Gasteiger partial charge < -0.3 is 15.5 Å². The van der Waals surface area contributed by atoms with E-state index in [-0.39, 0.29) is 13.2 Å². The number of nitrogens with one attached hydrogen (secondary N) is 1. The van der Waals surface area contributed by atoms with Gasteiger partial charge in [0.2, 0.25) is 0 Å². The van der Waals surface area contributed by atoms with Gasteiger partial charge in [-0.2, -0.15) is 0 Å². The number of hydrogen-bond donors (Lipinski definition) is 3. The van der Waals surface area contributed by atoms with Crippen LogP contribution in [0.5, 0.6) is 0 Å². The molecule has 0 aliphatic heterocycles. The van der Waals surface area contributed by atoms with Crippen LogP contribution >= 0.6 is 0 Å². The van der Waals surface area contributed by atoms with Gasteiger partial charge in [-0.25, -0.2) is 0 Å². The molecule has 0 unspecified atom stereocenters. The molecule has 0 bridgehead atoms. The van der Waals surface area contributed by atoms with Crippen molar-refractivity contribution in [2.24, 2.45) is 0 Å². The van der Waals surface area contributed by atoms with Gasteiger partial charge in [0.25, 0.3) is 0 Å². The Hall–Kier alpha value is -0.380. The van der Waals surface area contributed by atoms with E-state index in [1.54, 1.807) is 0 Å². The van der Waals surface area contributed by atoms with Crippen molar-refractivity contribution in [3.63, 3.8) is 0 Å². The molecule has 66 valence electrons. The molecule has 0 heterocycles. The standard InChI is InChI=1S/C8H17NO2/c10-7-4-2-1-3-5-9-6-8-11/h1-2,9-11H,3-8H2. The van der Waals surface area contributed by atoms with Crippen LogP contribution in [0.3, 0.4) is 0 Å². The molecule has 0 aromatic heterocycles. The topological polar surface area (TPSA) is 52.5 Å². The normalized spacial score (nSPS) is 11.1. The number of aliphatic hydroxyl groups is 2. The Balaban J connectivity index is 2.89. The molecule has 0 aliphatic rings. The quantitative estimate of drug-likeness (QED) is 0.359. The predicted octanol–water partition coefficient (Wildman–Crippen LogP) is -0.103. The monoisotopic (exact) mass is 159 g/mol. The van der Waals surface area contributed by atoms with Crippen molar-refractivity contribution in [3.05, 3.63) is 12.2 Å². The van der Waals surface area contributed by atoms with E-state index in [2.05, 4.69) is 5.32 Å². The zero-order valence-electron chi connectivity index (χ0n) is 6.79. The van der Waals surface area contributed by atoms with Crippen molar-refractivity contribution in [2.45, 2.75) is 12.8 Å². The van der Waals surface area contributed by atoms with E-state index < -0.39 is 0 Å². The lowest BCUT2D eigenvalue weighted by atomic mass is 10.3. The molecule has 3 nitrogen and oxygen atoms in total. The van der Waals surface area contributed by atoms with Gasteiger partial charge in [0, 0.05) is 13.2 Å².